The van der Waals surface area contributed by atoms with Gasteiger partial charge >= 0.3 is 0 Å². The van der Waals surface area contributed by atoms with E-state index in [9.17, 15) is 9.50 Å². The molecule has 1 heterocycles. The molecular weight excluding hydrogens is 241 g/mol. The van der Waals surface area contributed by atoms with Crippen molar-refractivity contribution in [3.05, 3.63) is 29.6 Å². The molecule has 1 aliphatic rings. The van der Waals surface area contributed by atoms with Crippen molar-refractivity contribution in [3.63, 3.8) is 0 Å². The molecule has 0 spiro atoms. The van der Waals surface area contributed by atoms with Crippen LogP contribution in [-0.4, -0.2) is 23.1 Å². The molecule has 106 valence electrons. The highest BCUT2D eigenvalue weighted by molar-refractivity contribution is 5.32. The van der Waals surface area contributed by atoms with E-state index in [1.165, 1.54) is 43.9 Å². The highest BCUT2D eigenvalue weighted by atomic mass is 19.1. The fourth-order valence-electron chi connectivity index (χ4n) is 3.06. The van der Waals surface area contributed by atoms with Crippen LogP contribution in [0, 0.1) is 11.2 Å². The third-order valence-electron chi connectivity index (χ3n) is 4.85. The van der Waals surface area contributed by atoms with Crippen LogP contribution in [0.1, 0.15) is 45.1 Å². The van der Waals surface area contributed by atoms with E-state index in [0.29, 0.717) is 17.5 Å². The number of piperidine rings is 1. The Morgan fingerprint density at radius 2 is 1.84 bits per heavy atom. The summed E-state index contributed by atoms with van der Waals surface area (Å²) >= 11 is 0. The van der Waals surface area contributed by atoms with Crippen LogP contribution in [0.15, 0.2) is 18.2 Å². The molecule has 0 bridgehead atoms. The fraction of sp³-hybridized carbons (Fsp3) is 0.625. The molecule has 0 aliphatic carbocycles. The summed E-state index contributed by atoms with van der Waals surface area (Å²) in [6, 6.07) is 4.18. The summed E-state index contributed by atoms with van der Waals surface area (Å²) in [5.74, 6) is -0.0782. The minimum absolute atomic E-state index is 0.198. The Labute approximate surface area is 115 Å². The molecular formula is C16H24FNO. The van der Waals surface area contributed by atoms with E-state index in [1.54, 1.807) is 0 Å². The van der Waals surface area contributed by atoms with Gasteiger partial charge in [0.15, 0.2) is 0 Å². The molecule has 1 fully saturated rings. The van der Waals surface area contributed by atoms with Crippen molar-refractivity contribution in [2.45, 2.75) is 46.1 Å². The van der Waals surface area contributed by atoms with Crippen LogP contribution in [0.25, 0.3) is 0 Å². The van der Waals surface area contributed by atoms with Gasteiger partial charge in [-0.1, -0.05) is 26.7 Å². The predicted octanol–water partition coefficient (Wildman–Crippen LogP) is 3.93. The van der Waals surface area contributed by atoms with Crippen molar-refractivity contribution in [3.8, 4) is 5.75 Å². The highest BCUT2D eigenvalue weighted by Gasteiger charge is 2.31. The van der Waals surface area contributed by atoms with Crippen molar-refractivity contribution in [2.75, 3.05) is 13.1 Å². The molecule has 1 aromatic carbocycles. The minimum Gasteiger partial charge on any atom is -0.508 e. The second-order valence-electron chi connectivity index (χ2n) is 5.76. The molecule has 0 aromatic heterocycles. The van der Waals surface area contributed by atoms with Gasteiger partial charge in [0, 0.05) is 12.1 Å². The number of likely N-dealkylation sites (tertiary alicyclic amines) is 1. The van der Waals surface area contributed by atoms with E-state index in [-0.39, 0.29) is 11.6 Å². The lowest BCUT2D eigenvalue weighted by Gasteiger charge is -2.41. The van der Waals surface area contributed by atoms with Gasteiger partial charge in [-0.3, -0.25) is 4.90 Å². The molecule has 2 rings (SSSR count). The number of phenols is 1. The molecule has 0 saturated carbocycles. The standard InChI is InChI=1S/C16H24FNO/c1-3-16(4-2)7-9-18(10-8-16)12-13-11-14(17)5-6-15(13)19/h5-6,11,19H,3-4,7-10,12H2,1-2H3. The maximum absolute atomic E-state index is 13.2. The van der Waals surface area contributed by atoms with Crippen molar-refractivity contribution in [2.24, 2.45) is 5.41 Å². The third-order valence-corrected chi connectivity index (χ3v) is 4.85. The van der Waals surface area contributed by atoms with Gasteiger partial charge in [0.2, 0.25) is 0 Å². The second kappa shape index (κ2) is 5.91. The maximum atomic E-state index is 13.2. The highest BCUT2D eigenvalue weighted by Crippen LogP contribution is 2.38. The van der Waals surface area contributed by atoms with Crippen LogP contribution in [0.3, 0.4) is 0 Å². The van der Waals surface area contributed by atoms with Crippen LogP contribution >= 0.6 is 0 Å². The number of hydrogen-bond donors (Lipinski definition) is 1. The monoisotopic (exact) mass is 265 g/mol. The van der Waals surface area contributed by atoms with Gasteiger partial charge in [-0.15, -0.1) is 0 Å². The fourth-order valence-corrected chi connectivity index (χ4v) is 3.06. The maximum Gasteiger partial charge on any atom is 0.123 e. The molecule has 1 saturated heterocycles. The zero-order chi connectivity index (χ0) is 13.9. The molecule has 0 amide bonds. The number of nitrogens with zero attached hydrogens (tertiary/aromatic N) is 1. The van der Waals surface area contributed by atoms with Gasteiger partial charge in [0.05, 0.1) is 0 Å². The minimum atomic E-state index is -0.277. The van der Waals surface area contributed by atoms with E-state index < -0.39 is 0 Å². The Hall–Kier alpha value is -1.09. The van der Waals surface area contributed by atoms with Gasteiger partial charge in [-0.05, 0) is 49.5 Å². The zero-order valence-electron chi connectivity index (χ0n) is 12.0. The van der Waals surface area contributed by atoms with E-state index in [0.717, 1.165) is 13.1 Å². The van der Waals surface area contributed by atoms with Crippen molar-refractivity contribution in [1.82, 2.24) is 4.90 Å². The molecule has 2 nitrogen and oxygen atoms in total. The summed E-state index contributed by atoms with van der Waals surface area (Å²) in [7, 11) is 0. The quantitative estimate of drug-likeness (QED) is 0.891. The SMILES string of the molecule is CCC1(CC)CCN(Cc2cc(F)ccc2O)CC1. The molecule has 19 heavy (non-hydrogen) atoms. The number of halogens is 1. The first-order valence-corrected chi connectivity index (χ1v) is 7.28. The first kappa shape index (κ1) is 14.3. The number of benzene rings is 1. The summed E-state index contributed by atoms with van der Waals surface area (Å²) in [6.45, 7) is 7.28. The van der Waals surface area contributed by atoms with Crippen LogP contribution in [0.4, 0.5) is 4.39 Å². The summed E-state index contributed by atoms with van der Waals surface area (Å²) in [4.78, 5) is 2.32. The van der Waals surface area contributed by atoms with E-state index >= 15 is 0 Å². The zero-order valence-corrected chi connectivity index (χ0v) is 12.0. The predicted molar refractivity (Wildman–Crippen MR) is 75.6 cm³/mol. The van der Waals surface area contributed by atoms with Crippen molar-refractivity contribution >= 4 is 0 Å². The number of rotatable bonds is 4. The Morgan fingerprint density at radius 3 is 2.42 bits per heavy atom. The van der Waals surface area contributed by atoms with E-state index in [2.05, 4.69) is 18.7 Å². The first-order valence-electron chi connectivity index (χ1n) is 7.28. The lowest BCUT2D eigenvalue weighted by molar-refractivity contribution is 0.0903. The van der Waals surface area contributed by atoms with Gasteiger partial charge in [0.1, 0.15) is 11.6 Å². The molecule has 0 radical (unpaired) electrons. The Balaban J connectivity index is 1.97. The summed E-state index contributed by atoms with van der Waals surface area (Å²) in [6.07, 6.45) is 4.89. The van der Waals surface area contributed by atoms with Gasteiger partial charge in [-0.2, -0.15) is 0 Å². The van der Waals surface area contributed by atoms with Crippen molar-refractivity contribution < 1.29 is 9.50 Å². The number of aromatic hydroxyl groups is 1. The third kappa shape index (κ3) is 3.27. The Kier molecular flexibility index (Phi) is 4.46. The number of hydrogen-bond acceptors (Lipinski definition) is 2. The van der Waals surface area contributed by atoms with Crippen molar-refractivity contribution in [1.29, 1.82) is 0 Å². The first-order chi connectivity index (χ1) is 9.08. The smallest absolute Gasteiger partial charge is 0.123 e. The Morgan fingerprint density at radius 1 is 1.21 bits per heavy atom. The molecule has 1 N–H and O–H groups in total. The van der Waals surface area contributed by atoms with Gasteiger partial charge < -0.3 is 5.11 Å². The summed E-state index contributed by atoms with van der Waals surface area (Å²) in [5.41, 5.74) is 1.20. The summed E-state index contributed by atoms with van der Waals surface area (Å²) < 4.78 is 13.2. The second-order valence-corrected chi connectivity index (χ2v) is 5.76. The lowest BCUT2D eigenvalue weighted by Crippen LogP contribution is -2.39. The normalized spacial score (nSPS) is 19.5. The van der Waals surface area contributed by atoms with Crippen LogP contribution < -0.4 is 0 Å². The van der Waals surface area contributed by atoms with Gasteiger partial charge in [0.25, 0.3) is 0 Å². The largest absolute Gasteiger partial charge is 0.508 e. The van der Waals surface area contributed by atoms with E-state index in [4.69, 9.17) is 0 Å². The topological polar surface area (TPSA) is 23.5 Å². The summed E-state index contributed by atoms with van der Waals surface area (Å²) in [5, 5.41) is 9.77. The van der Waals surface area contributed by atoms with Crippen LogP contribution in [-0.2, 0) is 6.54 Å². The molecule has 1 aliphatic heterocycles. The molecule has 3 heteroatoms. The average molecular weight is 265 g/mol. The number of phenolic OH excluding ortho intramolecular Hbond substituents is 1. The Bertz CT molecular complexity index is 419. The average Bonchev–Trinajstić information content (AvgIpc) is 2.44. The van der Waals surface area contributed by atoms with E-state index in [1.807, 2.05) is 0 Å². The van der Waals surface area contributed by atoms with Gasteiger partial charge in [-0.25, -0.2) is 4.39 Å². The molecule has 0 atom stereocenters. The molecule has 1 aromatic rings. The van der Waals surface area contributed by atoms with Crippen LogP contribution in [0.5, 0.6) is 5.75 Å². The molecule has 0 unspecified atom stereocenters. The van der Waals surface area contributed by atoms with Crippen LogP contribution in [0.2, 0.25) is 0 Å². The lowest BCUT2D eigenvalue weighted by atomic mass is 9.74.